The molecule has 1 heterocycles. The van der Waals surface area contributed by atoms with E-state index in [9.17, 15) is 4.79 Å². The SMILES string of the molecule is CC(=O)C(/C=C/c1ccc(Cl)c(Cl)c1)=C1SCCS1. The van der Waals surface area contributed by atoms with E-state index in [1.807, 2.05) is 18.2 Å². The Labute approximate surface area is 131 Å². The van der Waals surface area contributed by atoms with Gasteiger partial charge in [0, 0.05) is 17.1 Å². The van der Waals surface area contributed by atoms with Crippen molar-refractivity contribution in [2.75, 3.05) is 11.5 Å². The average molecular weight is 331 g/mol. The van der Waals surface area contributed by atoms with Gasteiger partial charge in [-0.1, -0.05) is 35.3 Å². The minimum absolute atomic E-state index is 0.0909. The van der Waals surface area contributed by atoms with Crippen LogP contribution in [0.5, 0.6) is 0 Å². The molecule has 0 saturated carbocycles. The number of benzene rings is 1. The summed E-state index contributed by atoms with van der Waals surface area (Å²) in [6.07, 6.45) is 3.76. The number of allylic oxidation sites excluding steroid dienone is 2. The summed E-state index contributed by atoms with van der Waals surface area (Å²) in [5, 5.41) is 1.05. The molecule has 0 N–H and O–H groups in total. The van der Waals surface area contributed by atoms with Gasteiger partial charge in [0.15, 0.2) is 5.78 Å². The number of Topliss-reactive ketones (excluding diaryl/α,β-unsaturated/α-hetero) is 1. The maximum Gasteiger partial charge on any atom is 0.161 e. The molecule has 5 heteroatoms. The highest BCUT2D eigenvalue weighted by Crippen LogP contribution is 2.39. The van der Waals surface area contributed by atoms with Crippen LogP contribution in [0.2, 0.25) is 10.0 Å². The first-order valence-corrected chi connectivity index (χ1v) is 8.44. The minimum atomic E-state index is 0.0909. The van der Waals surface area contributed by atoms with E-state index in [-0.39, 0.29) is 5.78 Å². The third kappa shape index (κ3) is 4.06. The fourth-order valence-corrected chi connectivity index (χ4v) is 4.50. The van der Waals surface area contributed by atoms with E-state index < -0.39 is 0 Å². The van der Waals surface area contributed by atoms with E-state index in [0.717, 1.165) is 26.9 Å². The molecule has 0 unspecified atom stereocenters. The normalized spacial score (nSPS) is 15.2. The second kappa shape index (κ2) is 6.89. The lowest BCUT2D eigenvalue weighted by Gasteiger charge is -2.02. The van der Waals surface area contributed by atoms with Crippen LogP contribution in [0.1, 0.15) is 12.5 Å². The van der Waals surface area contributed by atoms with E-state index in [4.69, 9.17) is 23.2 Å². The Hall–Kier alpha value is -0.350. The van der Waals surface area contributed by atoms with Crippen molar-refractivity contribution in [3.8, 4) is 0 Å². The van der Waals surface area contributed by atoms with Crippen molar-refractivity contribution >= 4 is 58.6 Å². The van der Waals surface area contributed by atoms with Gasteiger partial charge < -0.3 is 0 Å². The molecule has 2 rings (SSSR count). The van der Waals surface area contributed by atoms with Crippen molar-refractivity contribution in [3.05, 3.63) is 49.7 Å². The van der Waals surface area contributed by atoms with Gasteiger partial charge in [-0.05, 0) is 30.7 Å². The Morgan fingerprint density at radius 1 is 1.21 bits per heavy atom. The summed E-state index contributed by atoms with van der Waals surface area (Å²) in [6, 6.07) is 5.42. The Bertz CT molecular complexity index is 557. The van der Waals surface area contributed by atoms with Gasteiger partial charge in [0.05, 0.1) is 14.3 Å². The number of carbonyl (C=O) groups excluding carboxylic acids is 1. The van der Waals surface area contributed by atoms with Crippen LogP contribution in [-0.2, 0) is 4.79 Å². The number of halogens is 2. The summed E-state index contributed by atoms with van der Waals surface area (Å²) in [5.41, 5.74) is 1.71. The lowest BCUT2D eigenvalue weighted by Crippen LogP contribution is -1.94. The number of hydrogen-bond donors (Lipinski definition) is 0. The first-order valence-electron chi connectivity index (χ1n) is 5.72. The lowest BCUT2D eigenvalue weighted by molar-refractivity contribution is -0.113. The molecule has 0 atom stereocenters. The molecule has 0 bridgehead atoms. The van der Waals surface area contributed by atoms with Crippen LogP contribution in [0.4, 0.5) is 0 Å². The molecule has 0 aromatic heterocycles. The van der Waals surface area contributed by atoms with Crippen molar-refractivity contribution in [2.24, 2.45) is 0 Å². The van der Waals surface area contributed by atoms with E-state index in [1.54, 1.807) is 42.6 Å². The van der Waals surface area contributed by atoms with Gasteiger partial charge in [-0.3, -0.25) is 4.79 Å². The molecule has 0 spiro atoms. The highest BCUT2D eigenvalue weighted by atomic mass is 35.5. The Morgan fingerprint density at radius 2 is 1.89 bits per heavy atom. The van der Waals surface area contributed by atoms with Crippen LogP contribution in [0.15, 0.2) is 34.1 Å². The van der Waals surface area contributed by atoms with Gasteiger partial charge >= 0.3 is 0 Å². The summed E-state index contributed by atoms with van der Waals surface area (Å²) in [6.45, 7) is 1.60. The molecule has 1 aromatic rings. The third-order valence-electron chi connectivity index (χ3n) is 2.53. The Balaban J connectivity index is 2.26. The molecule has 19 heavy (non-hydrogen) atoms. The van der Waals surface area contributed by atoms with Crippen LogP contribution in [-0.4, -0.2) is 17.3 Å². The molecular weight excluding hydrogens is 319 g/mol. The molecule has 1 aliphatic rings. The molecule has 1 aliphatic heterocycles. The van der Waals surface area contributed by atoms with Crippen molar-refractivity contribution in [2.45, 2.75) is 6.92 Å². The van der Waals surface area contributed by atoms with Crippen molar-refractivity contribution in [1.29, 1.82) is 0 Å². The second-order valence-corrected chi connectivity index (χ2v) is 7.24. The maximum atomic E-state index is 11.7. The summed E-state index contributed by atoms with van der Waals surface area (Å²) < 4.78 is 1.11. The van der Waals surface area contributed by atoms with E-state index >= 15 is 0 Å². The number of rotatable bonds is 3. The first kappa shape index (κ1) is 15.0. The zero-order valence-corrected chi connectivity index (χ0v) is 13.4. The lowest BCUT2D eigenvalue weighted by atomic mass is 10.1. The Kier molecular flexibility index (Phi) is 5.46. The standard InChI is InChI=1S/C14H12Cl2OS2/c1-9(17)11(14-18-6-7-19-14)4-2-10-3-5-12(15)13(16)8-10/h2-5,8H,6-7H2,1H3/b4-2+. The number of thioether (sulfide) groups is 2. The van der Waals surface area contributed by atoms with Gasteiger partial charge in [0.2, 0.25) is 0 Å². The second-order valence-electron chi connectivity index (χ2n) is 3.96. The predicted molar refractivity (Wildman–Crippen MR) is 88.1 cm³/mol. The van der Waals surface area contributed by atoms with E-state index in [1.165, 1.54) is 0 Å². The molecule has 1 aromatic carbocycles. The van der Waals surface area contributed by atoms with Gasteiger partial charge in [0.1, 0.15) is 0 Å². The summed E-state index contributed by atoms with van der Waals surface area (Å²) in [5.74, 6) is 2.22. The van der Waals surface area contributed by atoms with E-state index in [2.05, 4.69) is 0 Å². The van der Waals surface area contributed by atoms with Crippen molar-refractivity contribution < 1.29 is 4.79 Å². The van der Waals surface area contributed by atoms with Crippen LogP contribution < -0.4 is 0 Å². The summed E-state index contributed by atoms with van der Waals surface area (Å²) in [4.78, 5) is 11.7. The third-order valence-corrected chi connectivity index (χ3v) is 6.02. The monoisotopic (exact) mass is 330 g/mol. The van der Waals surface area contributed by atoms with Gasteiger partial charge in [-0.15, -0.1) is 23.5 Å². The molecule has 0 amide bonds. The zero-order chi connectivity index (χ0) is 13.8. The minimum Gasteiger partial charge on any atom is -0.294 e. The summed E-state index contributed by atoms with van der Waals surface area (Å²) >= 11 is 15.3. The first-order chi connectivity index (χ1) is 9.08. The van der Waals surface area contributed by atoms with Crippen molar-refractivity contribution in [1.82, 2.24) is 0 Å². The van der Waals surface area contributed by atoms with E-state index in [0.29, 0.717) is 10.0 Å². The number of carbonyl (C=O) groups is 1. The molecular formula is C14H12Cl2OS2. The van der Waals surface area contributed by atoms with Crippen LogP contribution in [0, 0.1) is 0 Å². The van der Waals surface area contributed by atoms with Crippen LogP contribution >= 0.6 is 46.7 Å². The predicted octanol–water partition coefficient (Wildman–Crippen LogP) is 5.29. The molecule has 0 radical (unpaired) electrons. The molecule has 1 fully saturated rings. The van der Waals surface area contributed by atoms with Crippen LogP contribution in [0.3, 0.4) is 0 Å². The van der Waals surface area contributed by atoms with Gasteiger partial charge in [-0.2, -0.15) is 0 Å². The average Bonchev–Trinajstić information content (AvgIpc) is 2.87. The van der Waals surface area contributed by atoms with Crippen molar-refractivity contribution in [3.63, 3.8) is 0 Å². The fourth-order valence-electron chi connectivity index (χ4n) is 1.59. The van der Waals surface area contributed by atoms with Gasteiger partial charge in [0.25, 0.3) is 0 Å². The smallest absolute Gasteiger partial charge is 0.161 e. The zero-order valence-electron chi connectivity index (χ0n) is 10.3. The highest BCUT2D eigenvalue weighted by Gasteiger charge is 2.15. The quantitative estimate of drug-likeness (QED) is 0.701. The maximum absolute atomic E-state index is 11.7. The molecule has 1 nitrogen and oxygen atoms in total. The highest BCUT2D eigenvalue weighted by molar-refractivity contribution is 8.25. The number of ketones is 1. The van der Waals surface area contributed by atoms with Gasteiger partial charge in [-0.25, -0.2) is 0 Å². The molecule has 1 saturated heterocycles. The number of hydrogen-bond acceptors (Lipinski definition) is 3. The fraction of sp³-hybridized carbons (Fsp3) is 0.214. The Morgan fingerprint density at radius 3 is 2.47 bits per heavy atom. The summed E-state index contributed by atoms with van der Waals surface area (Å²) in [7, 11) is 0. The topological polar surface area (TPSA) is 17.1 Å². The largest absolute Gasteiger partial charge is 0.294 e. The van der Waals surface area contributed by atoms with Crippen LogP contribution in [0.25, 0.3) is 6.08 Å². The molecule has 100 valence electrons. The molecule has 0 aliphatic carbocycles.